The van der Waals surface area contributed by atoms with Crippen LogP contribution in [0.5, 0.6) is 5.75 Å². The summed E-state index contributed by atoms with van der Waals surface area (Å²) in [4.78, 5) is 33.4. The molecule has 3 aromatic heterocycles. The zero-order chi connectivity index (χ0) is 31.6. The normalized spacial score (nSPS) is 15.9. The summed E-state index contributed by atoms with van der Waals surface area (Å²) in [5, 5.41) is 20.7. The van der Waals surface area contributed by atoms with Crippen LogP contribution in [0, 0.1) is 6.92 Å². The number of pyridine rings is 1. The van der Waals surface area contributed by atoms with Gasteiger partial charge in [-0.3, -0.25) is 18.9 Å². The zero-order valence-corrected chi connectivity index (χ0v) is 26.2. The molecular formula is C35H27N5O4S2. The van der Waals surface area contributed by atoms with Crippen molar-refractivity contribution >= 4 is 51.3 Å². The predicted molar refractivity (Wildman–Crippen MR) is 178 cm³/mol. The lowest BCUT2D eigenvalue weighted by Crippen LogP contribution is -2.29. The standard InChI is InChI=1S/C35H27N5O4S2/c1-22-29(39-19-9-8-14-27(39)36-22)31(41)28-30(25-15-17-26(18-16-25)44-20-23-10-4-2-5-11-23)40(33(43)32(28)42)34-37-38-35(46-34)45-21-24-12-6-3-7-13-24/h2-19,30,41H,20-21H2,1H3. The number of imidazole rings is 1. The number of carbonyl (C=O) groups excluding carboxylic acids is 2. The second-order valence-corrected chi connectivity index (χ2v) is 12.8. The van der Waals surface area contributed by atoms with E-state index in [4.69, 9.17) is 4.74 Å². The van der Waals surface area contributed by atoms with Gasteiger partial charge in [0.2, 0.25) is 5.13 Å². The van der Waals surface area contributed by atoms with Crippen molar-refractivity contribution in [3.63, 3.8) is 0 Å². The highest BCUT2D eigenvalue weighted by Crippen LogP contribution is 2.44. The average molecular weight is 646 g/mol. The van der Waals surface area contributed by atoms with Crippen LogP contribution >= 0.6 is 23.1 Å². The van der Waals surface area contributed by atoms with E-state index in [0.717, 1.165) is 11.1 Å². The van der Waals surface area contributed by atoms with E-state index in [-0.39, 0.29) is 16.5 Å². The van der Waals surface area contributed by atoms with E-state index in [1.165, 1.54) is 28.0 Å². The Bertz CT molecular complexity index is 2080. The van der Waals surface area contributed by atoms with Crippen molar-refractivity contribution in [2.75, 3.05) is 4.90 Å². The molecule has 0 spiro atoms. The molecule has 0 radical (unpaired) electrons. The lowest BCUT2D eigenvalue weighted by Gasteiger charge is -2.22. The summed E-state index contributed by atoms with van der Waals surface area (Å²) in [5.74, 6) is -0.619. The van der Waals surface area contributed by atoms with Gasteiger partial charge in [0, 0.05) is 11.9 Å². The average Bonchev–Trinajstić information content (AvgIpc) is 3.77. The molecule has 0 aliphatic carbocycles. The first-order chi connectivity index (χ1) is 22.5. The highest BCUT2D eigenvalue weighted by Gasteiger charge is 2.49. The lowest BCUT2D eigenvalue weighted by atomic mass is 9.96. The molecule has 6 aromatic rings. The van der Waals surface area contributed by atoms with Crippen molar-refractivity contribution in [3.05, 3.63) is 143 Å². The van der Waals surface area contributed by atoms with Crippen LogP contribution in [0.1, 0.15) is 34.1 Å². The van der Waals surface area contributed by atoms with E-state index < -0.39 is 17.7 Å². The van der Waals surface area contributed by atoms with Gasteiger partial charge in [-0.25, -0.2) is 4.98 Å². The molecule has 4 heterocycles. The van der Waals surface area contributed by atoms with Crippen molar-refractivity contribution in [1.82, 2.24) is 19.6 Å². The largest absolute Gasteiger partial charge is 0.505 e. The van der Waals surface area contributed by atoms with Crippen molar-refractivity contribution in [2.45, 2.75) is 29.7 Å². The molecule has 0 bridgehead atoms. The smallest absolute Gasteiger partial charge is 0.301 e. The third-order valence-corrected chi connectivity index (χ3v) is 9.75. The van der Waals surface area contributed by atoms with Crippen LogP contribution in [0.15, 0.2) is 119 Å². The van der Waals surface area contributed by atoms with Gasteiger partial charge in [-0.15, -0.1) is 10.2 Å². The minimum Gasteiger partial charge on any atom is -0.505 e. The Morgan fingerprint density at radius 1 is 0.891 bits per heavy atom. The van der Waals surface area contributed by atoms with Gasteiger partial charge in [0.25, 0.3) is 5.78 Å². The quantitative estimate of drug-likeness (QED) is 0.0589. The Labute approximate surface area is 272 Å². The Kier molecular flexibility index (Phi) is 8.08. The molecule has 1 saturated heterocycles. The number of hydrogen-bond acceptors (Lipinski definition) is 9. The maximum Gasteiger partial charge on any atom is 0.301 e. The molecule has 1 amide bonds. The van der Waals surface area contributed by atoms with Crippen LogP contribution in [0.2, 0.25) is 0 Å². The second kappa shape index (κ2) is 12.6. The fourth-order valence-electron chi connectivity index (χ4n) is 5.44. The SMILES string of the molecule is Cc1nc2ccccn2c1C(O)=C1C(=O)C(=O)N(c2nnc(SCc3ccccc3)s2)C1c1ccc(OCc2ccccc2)cc1. The Morgan fingerprint density at radius 2 is 1.59 bits per heavy atom. The summed E-state index contributed by atoms with van der Waals surface area (Å²) < 4.78 is 8.35. The van der Waals surface area contributed by atoms with Gasteiger partial charge in [-0.2, -0.15) is 0 Å². The summed E-state index contributed by atoms with van der Waals surface area (Å²) >= 11 is 2.73. The molecular weight excluding hydrogens is 619 g/mol. The molecule has 0 saturated carbocycles. The third-order valence-electron chi connectivity index (χ3n) is 7.62. The Balaban J connectivity index is 1.27. The number of rotatable bonds is 9. The van der Waals surface area contributed by atoms with Gasteiger partial charge in [-0.05, 0) is 47.9 Å². The number of aliphatic hydroxyl groups excluding tert-OH is 1. The minimum absolute atomic E-state index is 0.0506. The van der Waals surface area contributed by atoms with Gasteiger partial charge in [0.15, 0.2) is 10.1 Å². The monoisotopic (exact) mass is 645 g/mol. The molecule has 1 aliphatic heterocycles. The van der Waals surface area contributed by atoms with Crippen molar-refractivity contribution in [2.24, 2.45) is 0 Å². The van der Waals surface area contributed by atoms with Crippen molar-refractivity contribution in [3.8, 4) is 5.75 Å². The van der Waals surface area contributed by atoms with E-state index in [0.29, 0.717) is 45.0 Å². The number of anilines is 1. The maximum atomic E-state index is 13.8. The molecule has 46 heavy (non-hydrogen) atoms. The van der Waals surface area contributed by atoms with E-state index in [2.05, 4.69) is 15.2 Å². The first-order valence-electron chi connectivity index (χ1n) is 14.5. The molecule has 11 heteroatoms. The summed E-state index contributed by atoms with van der Waals surface area (Å²) in [6.07, 6.45) is 1.76. The molecule has 1 aliphatic rings. The molecule has 1 atom stereocenters. The number of Topliss-reactive ketones (excluding diaryl/α,β-unsaturated/α-hetero) is 1. The number of carbonyl (C=O) groups is 2. The third kappa shape index (κ3) is 5.66. The van der Waals surface area contributed by atoms with Crippen LogP contribution in [0.25, 0.3) is 11.4 Å². The fourth-order valence-corrected chi connectivity index (χ4v) is 7.26. The van der Waals surface area contributed by atoms with Gasteiger partial charge < -0.3 is 9.84 Å². The topological polar surface area (TPSA) is 110 Å². The van der Waals surface area contributed by atoms with E-state index in [9.17, 15) is 14.7 Å². The highest BCUT2D eigenvalue weighted by atomic mass is 32.2. The molecule has 1 N–H and O–H groups in total. The zero-order valence-electron chi connectivity index (χ0n) is 24.6. The minimum atomic E-state index is -0.961. The summed E-state index contributed by atoms with van der Waals surface area (Å²) in [5.41, 5.74) is 4.18. The number of nitrogens with zero attached hydrogens (tertiary/aromatic N) is 5. The number of aromatic nitrogens is 4. The number of benzene rings is 3. The number of ketones is 1. The number of amides is 1. The van der Waals surface area contributed by atoms with Crippen LogP contribution in [0.4, 0.5) is 5.13 Å². The van der Waals surface area contributed by atoms with Crippen molar-refractivity contribution < 1.29 is 19.4 Å². The molecule has 1 fully saturated rings. The number of aliphatic hydroxyl groups is 1. The predicted octanol–water partition coefficient (Wildman–Crippen LogP) is 6.99. The molecule has 3 aromatic carbocycles. The Hall–Kier alpha value is -5.26. The summed E-state index contributed by atoms with van der Waals surface area (Å²) in [7, 11) is 0. The fraction of sp³-hybridized carbons (Fsp3) is 0.114. The first kappa shape index (κ1) is 29.5. The van der Waals surface area contributed by atoms with Gasteiger partial charge in [0.1, 0.15) is 23.7 Å². The molecule has 228 valence electrons. The van der Waals surface area contributed by atoms with Gasteiger partial charge >= 0.3 is 5.91 Å². The number of hydrogen-bond donors (Lipinski definition) is 1. The van der Waals surface area contributed by atoms with E-state index in [1.807, 2.05) is 78.9 Å². The van der Waals surface area contributed by atoms with Crippen LogP contribution in [-0.2, 0) is 21.9 Å². The second-order valence-electron chi connectivity index (χ2n) is 10.6. The number of aryl methyl sites for hydroxylation is 1. The summed E-state index contributed by atoms with van der Waals surface area (Å²) in [6.45, 7) is 2.15. The molecule has 9 nitrogen and oxygen atoms in total. The van der Waals surface area contributed by atoms with Gasteiger partial charge in [-0.1, -0.05) is 102 Å². The van der Waals surface area contributed by atoms with Gasteiger partial charge in [0.05, 0.1) is 17.3 Å². The summed E-state index contributed by atoms with van der Waals surface area (Å²) in [6, 6.07) is 31.5. The molecule has 1 unspecified atom stereocenters. The molecule has 7 rings (SSSR count). The highest BCUT2D eigenvalue weighted by molar-refractivity contribution is 8.00. The number of fused-ring (bicyclic) bond motifs is 1. The van der Waals surface area contributed by atoms with E-state index >= 15 is 0 Å². The van der Waals surface area contributed by atoms with E-state index in [1.54, 1.807) is 41.8 Å². The van der Waals surface area contributed by atoms with Crippen LogP contribution < -0.4 is 9.64 Å². The first-order valence-corrected chi connectivity index (χ1v) is 16.3. The van der Waals surface area contributed by atoms with Crippen LogP contribution in [0.3, 0.4) is 0 Å². The number of thioether (sulfide) groups is 1. The lowest BCUT2D eigenvalue weighted by molar-refractivity contribution is -0.132. The van der Waals surface area contributed by atoms with Crippen LogP contribution in [-0.4, -0.2) is 36.4 Å². The Morgan fingerprint density at radius 3 is 2.33 bits per heavy atom. The van der Waals surface area contributed by atoms with Crippen molar-refractivity contribution in [1.29, 1.82) is 0 Å². The number of ether oxygens (including phenoxy) is 1. The maximum absolute atomic E-state index is 13.8.